The van der Waals surface area contributed by atoms with Gasteiger partial charge in [-0.15, -0.1) is 17.0 Å². The second-order valence-electron chi connectivity index (χ2n) is 2.81. The molecule has 7 heteroatoms. The van der Waals surface area contributed by atoms with Crippen molar-refractivity contribution in [1.82, 2.24) is 0 Å². The third-order valence-corrected chi connectivity index (χ3v) is 2.47. The van der Waals surface area contributed by atoms with E-state index in [0.717, 1.165) is 17.8 Å². The zero-order chi connectivity index (χ0) is 11.5. The lowest BCUT2D eigenvalue weighted by molar-refractivity contribution is -0.138. The van der Waals surface area contributed by atoms with E-state index in [0.29, 0.717) is 0 Å². The lowest BCUT2D eigenvalue weighted by Gasteiger charge is -2.11. The van der Waals surface area contributed by atoms with Crippen LogP contribution >= 0.6 is 28.7 Å². The molecule has 0 spiro atoms. The van der Waals surface area contributed by atoms with Crippen LogP contribution in [0.25, 0.3) is 0 Å². The van der Waals surface area contributed by atoms with Crippen LogP contribution < -0.4 is 5.73 Å². The molecule has 0 aliphatic heterocycles. The van der Waals surface area contributed by atoms with Crippen LogP contribution in [0.2, 0.25) is 0 Å². The minimum Gasteiger partial charge on any atom is -0.379 e. The third kappa shape index (κ3) is 4.44. The highest BCUT2D eigenvalue weighted by molar-refractivity contribution is 8.93. The van der Waals surface area contributed by atoms with E-state index in [1.165, 1.54) is 18.2 Å². The Morgan fingerprint density at radius 2 is 1.88 bits per heavy atom. The van der Waals surface area contributed by atoms with E-state index < -0.39 is 11.7 Å². The summed E-state index contributed by atoms with van der Waals surface area (Å²) in [7, 11) is 0. The van der Waals surface area contributed by atoms with Gasteiger partial charge in [0.25, 0.3) is 0 Å². The molecule has 1 rings (SSSR count). The average molecular weight is 315 g/mol. The predicted molar refractivity (Wildman–Crippen MR) is 65.0 cm³/mol. The molecule has 16 heavy (non-hydrogen) atoms. The number of benzene rings is 1. The number of thioether (sulfide) groups is 1. The van der Waals surface area contributed by atoms with Gasteiger partial charge in [0, 0.05) is 5.75 Å². The minimum atomic E-state index is -4.35. The molecule has 0 aromatic heterocycles. The molecule has 0 saturated heterocycles. The molecule has 2 nitrogen and oxygen atoms in total. The highest BCUT2D eigenvalue weighted by atomic mass is 79.9. The molecule has 0 unspecified atom stereocenters. The number of nitrogens with two attached hydrogens (primary N) is 1. The summed E-state index contributed by atoms with van der Waals surface area (Å²) in [6.45, 7) is 0. The maximum absolute atomic E-state index is 12.5. The number of hydrogen-bond donors (Lipinski definition) is 2. The first kappa shape index (κ1) is 15.3. The van der Waals surface area contributed by atoms with Crippen LogP contribution in [-0.2, 0) is 11.9 Å². The maximum atomic E-state index is 12.5. The fourth-order valence-electron chi connectivity index (χ4n) is 1.08. The molecule has 0 heterocycles. The van der Waals surface area contributed by atoms with Gasteiger partial charge in [0.2, 0.25) is 0 Å². The Labute approximate surface area is 106 Å². The molecule has 0 atom stereocenters. The molecule has 0 amide bonds. The normalized spacial score (nSPS) is 10.7. The fraction of sp³-hybridized carbons (Fsp3) is 0.222. The Bertz CT molecular complexity index is 368. The van der Waals surface area contributed by atoms with E-state index in [1.807, 2.05) is 0 Å². The third-order valence-electron chi connectivity index (χ3n) is 1.71. The average Bonchev–Trinajstić information content (AvgIpc) is 2.13. The first-order chi connectivity index (χ1) is 6.91. The van der Waals surface area contributed by atoms with E-state index >= 15 is 0 Å². The van der Waals surface area contributed by atoms with Gasteiger partial charge in [-0.05, 0) is 11.6 Å². The Morgan fingerprint density at radius 3 is 2.38 bits per heavy atom. The van der Waals surface area contributed by atoms with E-state index in [-0.39, 0.29) is 33.5 Å². The van der Waals surface area contributed by atoms with Crippen LogP contribution in [0.1, 0.15) is 11.1 Å². The highest BCUT2D eigenvalue weighted by Gasteiger charge is 2.32. The van der Waals surface area contributed by atoms with Gasteiger partial charge in [-0.3, -0.25) is 5.41 Å². The summed E-state index contributed by atoms with van der Waals surface area (Å²) in [5.74, 6) is 0.0605. The van der Waals surface area contributed by atoms with Gasteiger partial charge < -0.3 is 5.73 Å². The Balaban J connectivity index is 0.00000225. The predicted octanol–water partition coefficient (Wildman–Crippen LogP) is 3.41. The molecular formula is C9H10BrF3N2S. The topological polar surface area (TPSA) is 49.9 Å². The summed E-state index contributed by atoms with van der Waals surface area (Å²) in [6, 6.07) is 5.28. The van der Waals surface area contributed by atoms with Crippen molar-refractivity contribution in [2.45, 2.75) is 11.9 Å². The summed E-state index contributed by atoms with van der Waals surface area (Å²) in [5, 5.41) is 6.74. The lowest BCUT2D eigenvalue weighted by Crippen LogP contribution is -2.10. The van der Waals surface area contributed by atoms with Crippen LogP contribution in [0.3, 0.4) is 0 Å². The molecule has 3 N–H and O–H groups in total. The first-order valence-corrected chi connectivity index (χ1v) is 5.01. The summed E-state index contributed by atoms with van der Waals surface area (Å²) < 4.78 is 37.4. The Hall–Kier alpha value is -0.690. The van der Waals surface area contributed by atoms with Crippen molar-refractivity contribution < 1.29 is 13.2 Å². The van der Waals surface area contributed by atoms with Crippen LogP contribution in [0, 0.1) is 5.41 Å². The van der Waals surface area contributed by atoms with E-state index in [9.17, 15) is 13.2 Å². The van der Waals surface area contributed by atoms with Gasteiger partial charge in [-0.1, -0.05) is 30.0 Å². The Morgan fingerprint density at radius 1 is 1.31 bits per heavy atom. The number of nitrogens with one attached hydrogen (secondary N) is 1. The molecule has 0 saturated carbocycles. The maximum Gasteiger partial charge on any atom is 0.416 e. The molecule has 1 aromatic rings. The number of amidine groups is 1. The van der Waals surface area contributed by atoms with Crippen LogP contribution in [-0.4, -0.2) is 5.17 Å². The quantitative estimate of drug-likeness (QED) is 0.649. The smallest absolute Gasteiger partial charge is 0.379 e. The Kier molecular flexibility index (Phi) is 5.88. The van der Waals surface area contributed by atoms with Crippen molar-refractivity contribution in [2.75, 3.05) is 0 Å². The van der Waals surface area contributed by atoms with E-state index in [4.69, 9.17) is 11.1 Å². The molecule has 1 aromatic carbocycles. The molecule has 0 fully saturated rings. The van der Waals surface area contributed by atoms with Crippen molar-refractivity contribution in [3.05, 3.63) is 35.4 Å². The highest BCUT2D eigenvalue weighted by Crippen LogP contribution is 2.33. The number of hydrogen-bond acceptors (Lipinski definition) is 2. The van der Waals surface area contributed by atoms with Gasteiger partial charge in [0.05, 0.1) is 5.56 Å². The zero-order valence-electron chi connectivity index (χ0n) is 8.04. The van der Waals surface area contributed by atoms with Crippen molar-refractivity contribution in [2.24, 2.45) is 5.73 Å². The largest absolute Gasteiger partial charge is 0.416 e. The first-order valence-electron chi connectivity index (χ1n) is 4.03. The van der Waals surface area contributed by atoms with Gasteiger partial charge in [-0.2, -0.15) is 13.2 Å². The van der Waals surface area contributed by atoms with E-state index in [2.05, 4.69) is 0 Å². The van der Waals surface area contributed by atoms with E-state index in [1.54, 1.807) is 0 Å². The second-order valence-corrected chi connectivity index (χ2v) is 3.83. The van der Waals surface area contributed by atoms with Gasteiger partial charge in [0.15, 0.2) is 5.17 Å². The summed E-state index contributed by atoms with van der Waals surface area (Å²) in [4.78, 5) is 0. The SMILES string of the molecule is Br.N=C(N)SCc1ccccc1C(F)(F)F. The molecular weight excluding hydrogens is 305 g/mol. The van der Waals surface area contributed by atoms with Gasteiger partial charge >= 0.3 is 6.18 Å². The number of alkyl halides is 3. The van der Waals surface area contributed by atoms with Crippen LogP contribution in [0.15, 0.2) is 24.3 Å². The molecule has 0 bridgehead atoms. The summed E-state index contributed by atoms with van der Waals surface area (Å²) in [6.07, 6.45) is -4.35. The van der Waals surface area contributed by atoms with Crippen molar-refractivity contribution in [1.29, 1.82) is 5.41 Å². The molecule has 0 aliphatic rings. The fourth-order valence-corrected chi connectivity index (χ4v) is 1.64. The second kappa shape index (κ2) is 6.15. The molecule has 0 aliphatic carbocycles. The minimum absolute atomic E-state index is 0. The van der Waals surface area contributed by atoms with Crippen molar-refractivity contribution in [3.8, 4) is 0 Å². The van der Waals surface area contributed by atoms with Crippen molar-refractivity contribution in [3.63, 3.8) is 0 Å². The van der Waals surface area contributed by atoms with Crippen LogP contribution in [0.4, 0.5) is 13.2 Å². The standard InChI is InChI=1S/C9H9F3N2S.BrH/c10-9(11,12)7-4-2-1-3-6(7)5-15-8(13)14;/h1-4H,5H2,(H3,13,14);1H. The molecule has 0 radical (unpaired) electrons. The number of rotatable bonds is 2. The monoisotopic (exact) mass is 314 g/mol. The van der Waals surface area contributed by atoms with Crippen molar-refractivity contribution >= 4 is 33.9 Å². The summed E-state index contributed by atoms with van der Waals surface area (Å²) in [5.41, 5.74) is 4.54. The van der Waals surface area contributed by atoms with Gasteiger partial charge in [-0.25, -0.2) is 0 Å². The lowest BCUT2D eigenvalue weighted by atomic mass is 10.1. The molecule has 90 valence electrons. The van der Waals surface area contributed by atoms with Gasteiger partial charge in [0.1, 0.15) is 0 Å². The summed E-state index contributed by atoms with van der Waals surface area (Å²) >= 11 is 0.876. The zero-order valence-corrected chi connectivity index (χ0v) is 10.6. The number of halogens is 4. The van der Waals surface area contributed by atoms with Crippen LogP contribution in [0.5, 0.6) is 0 Å².